The number of nitrogens with zero attached hydrogens (tertiary/aromatic N) is 3. The van der Waals surface area contributed by atoms with Crippen LogP contribution in [0, 0.1) is 6.92 Å². The summed E-state index contributed by atoms with van der Waals surface area (Å²) >= 11 is 0. The van der Waals surface area contributed by atoms with Gasteiger partial charge in [0.05, 0.1) is 0 Å². The smallest absolute Gasteiger partial charge is 0.270 e. The molecule has 0 saturated carbocycles. The van der Waals surface area contributed by atoms with E-state index >= 15 is 0 Å². The predicted octanol–water partition coefficient (Wildman–Crippen LogP) is 2.71. The van der Waals surface area contributed by atoms with Crippen LogP contribution in [-0.2, 0) is 6.54 Å². The van der Waals surface area contributed by atoms with E-state index in [1.54, 1.807) is 6.07 Å². The topological polar surface area (TPSA) is 58.1 Å². The molecule has 0 unspecified atom stereocenters. The normalized spacial score (nSPS) is 14.6. The third-order valence-electron chi connectivity index (χ3n) is 4.03. The Morgan fingerprint density at radius 2 is 1.87 bits per heavy atom. The molecule has 2 heterocycles. The van der Waals surface area contributed by atoms with Gasteiger partial charge in [0, 0.05) is 25.7 Å². The fraction of sp³-hybridized carbons (Fsp3) is 0.389. The van der Waals surface area contributed by atoms with Gasteiger partial charge in [-0.15, -0.1) is 0 Å². The lowest BCUT2D eigenvalue weighted by molar-refractivity contribution is 0.0945. The molecule has 1 amide bonds. The van der Waals surface area contributed by atoms with Crippen LogP contribution in [0.5, 0.6) is 0 Å². The van der Waals surface area contributed by atoms with Gasteiger partial charge in [0.25, 0.3) is 5.91 Å². The van der Waals surface area contributed by atoms with E-state index in [1.165, 1.54) is 19.3 Å². The highest BCUT2D eigenvalue weighted by molar-refractivity contribution is 5.92. The first-order chi connectivity index (χ1) is 11.2. The Morgan fingerprint density at radius 1 is 1.13 bits per heavy atom. The number of carbonyl (C=O) groups excluding carboxylic acids is 1. The number of benzene rings is 1. The molecule has 2 aromatic rings. The second-order valence-electron chi connectivity index (χ2n) is 5.87. The Balaban J connectivity index is 1.71. The van der Waals surface area contributed by atoms with Crippen molar-refractivity contribution in [3.05, 3.63) is 53.5 Å². The molecule has 3 rings (SSSR count). The van der Waals surface area contributed by atoms with Crippen LogP contribution in [-0.4, -0.2) is 29.0 Å². The molecular formula is C18H22N4O. The number of anilines is 1. The van der Waals surface area contributed by atoms with Crippen LogP contribution in [0.1, 0.15) is 41.1 Å². The maximum absolute atomic E-state index is 12.4. The summed E-state index contributed by atoms with van der Waals surface area (Å²) in [6.07, 6.45) is 3.63. The molecule has 0 atom stereocenters. The first kappa shape index (κ1) is 15.5. The molecule has 5 nitrogen and oxygen atoms in total. The minimum absolute atomic E-state index is 0.155. The number of aryl methyl sites for hydroxylation is 1. The van der Waals surface area contributed by atoms with Crippen LogP contribution in [0.4, 0.5) is 5.82 Å². The van der Waals surface area contributed by atoms with Gasteiger partial charge >= 0.3 is 0 Å². The number of hydrogen-bond donors (Lipinski definition) is 1. The Kier molecular flexibility index (Phi) is 4.86. The molecule has 23 heavy (non-hydrogen) atoms. The summed E-state index contributed by atoms with van der Waals surface area (Å²) < 4.78 is 0. The molecular weight excluding hydrogens is 288 g/mol. The standard InChI is InChI=1S/C18H22N4O/c1-14-20-16(12-17(21-14)22-10-6-3-7-11-22)18(23)19-13-15-8-4-2-5-9-15/h2,4-5,8-9,12H,3,6-7,10-11,13H2,1H3,(H,19,23). The Hall–Kier alpha value is -2.43. The van der Waals surface area contributed by atoms with Gasteiger partial charge in [0.15, 0.2) is 0 Å². The Labute approximate surface area is 136 Å². The van der Waals surface area contributed by atoms with Crippen molar-refractivity contribution in [3.63, 3.8) is 0 Å². The lowest BCUT2D eigenvalue weighted by Gasteiger charge is -2.28. The number of hydrogen-bond acceptors (Lipinski definition) is 4. The van der Waals surface area contributed by atoms with Gasteiger partial charge in [0.2, 0.25) is 0 Å². The van der Waals surface area contributed by atoms with Gasteiger partial charge in [-0.05, 0) is 31.7 Å². The average molecular weight is 310 g/mol. The van der Waals surface area contributed by atoms with Crippen molar-refractivity contribution < 1.29 is 4.79 Å². The van der Waals surface area contributed by atoms with Crippen LogP contribution in [0.3, 0.4) is 0 Å². The summed E-state index contributed by atoms with van der Waals surface area (Å²) in [5.74, 6) is 1.35. The third-order valence-corrected chi connectivity index (χ3v) is 4.03. The van der Waals surface area contributed by atoms with Gasteiger partial charge in [-0.3, -0.25) is 4.79 Å². The minimum atomic E-state index is -0.155. The third kappa shape index (κ3) is 4.06. The van der Waals surface area contributed by atoms with Crippen LogP contribution in [0.15, 0.2) is 36.4 Å². The Bertz CT molecular complexity index is 666. The van der Waals surface area contributed by atoms with E-state index in [0.29, 0.717) is 18.1 Å². The van der Waals surface area contributed by atoms with E-state index in [4.69, 9.17) is 0 Å². The van der Waals surface area contributed by atoms with Gasteiger partial charge in [-0.25, -0.2) is 9.97 Å². The highest BCUT2D eigenvalue weighted by Crippen LogP contribution is 2.18. The number of nitrogens with one attached hydrogen (secondary N) is 1. The monoisotopic (exact) mass is 310 g/mol. The number of rotatable bonds is 4. The van der Waals surface area contributed by atoms with Gasteiger partial charge < -0.3 is 10.2 Å². The average Bonchev–Trinajstić information content (AvgIpc) is 2.61. The zero-order chi connectivity index (χ0) is 16.1. The summed E-state index contributed by atoms with van der Waals surface area (Å²) in [6, 6.07) is 11.7. The van der Waals surface area contributed by atoms with Crippen molar-refractivity contribution >= 4 is 11.7 Å². The van der Waals surface area contributed by atoms with Crippen molar-refractivity contribution in [1.29, 1.82) is 0 Å². The summed E-state index contributed by atoms with van der Waals surface area (Å²) in [7, 11) is 0. The highest BCUT2D eigenvalue weighted by atomic mass is 16.1. The zero-order valence-corrected chi connectivity index (χ0v) is 13.5. The van der Waals surface area contributed by atoms with E-state index in [2.05, 4.69) is 20.2 Å². The molecule has 0 radical (unpaired) electrons. The number of piperidine rings is 1. The summed E-state index contributed by atoms with van der Waals surface area (Å²) in [6.45, 7) is 4.34. The summed E-state index contributed by atoms with van der Waals surface area (Å²) in [5.41, 5.74) is 1.51. The molecule has 5 heteroatoms. The summed E-state index contributed by atoms with van der Waals surface area (Å²) in [4.78, 5) is 23.4. The first-order valence-corrected chi connectivity index (χ1v) is 8.15. The fourth-order valence-electron chi connectivity index (χ4n) is 2.82. The molecule has 1 aromatic heterocycles. The number of carbonyl (C=O) groups is 1. The van der Waals surface area contributed by atoms with Crippen LogP contribution in [0.2, 0.25) is 0 Å². The van der Waals surface area contributed by atoms with E-state index in [9.17, 15) is 4.79 Å². The van der Waals surface area contributed by atoms with E-state index in [1.807, 2.05) is 37.3 Å². The second kappa shape index (κ2) is 7.22. The molecule has 1 N–H and O–H groups in total. The van der Waals surface area contributed by atoms with Gasteiger partial charge in [0.1, 0.15) is 17.3 Å². The van der Waals surface area contributed by atoms with Gasteiger partial charge in [-0.1, -0.05) is 30.3 Å². The fourth-order valence-corrected chi connectivity index (χ4v) is 2.82. The number of amides is 1. The highest BCUT2D eigenvalue weighted by Gasteiger charge is 2.16. The lowest BCUT2D eigenvalue weighted by atomic mass is 10.1. The molecule has 1 fully saturated rings. The first-order valence-electron chi connectivity index (χ1n) is 8.15. The number of aromatic nitrogens is 2. The van der Waals surface area contributed by atoms with Crippen LogP contribution in [0.25, 0.3) is 0 Å². The van der Waals surface area contributed by atoms with Crippen LogP contribution >= 0.6 is 0 Å². The minimum Gasteiger partial charge on any atom is -0.356 e. The zero-order valence-electron chi connectivity index (χ0n) is 13.5. The quantitative estimate of drug-likeness (QED) is 0.943. The van der Waals surface area contributed by atoms with Gasteiger partial charge in [-0.2, -0.15) is 0 Å². The molecule has 1 aliphatic rings. The van der Waals surface area contributed by atoms with Crippen LogP contribution < -0.4 is 10.2 Å². The summed E-state index contributed by atoms with van der Waals surface area (Å²) in [5, 5.41) is 2.92. The maximum atomic E-state index is 12.4. The molecule has 1 aliphatic heterocycles. The maximum Gasteiger partial charge on any atom is 0.270 e. The predicted molar refractivity (Wildman–Crippen MR) is 90.4 cm³/mol. The molecule has 120 valence electrons. The lowest BCUT2D eigenvalue weighted by Crippen LogP contribution is -2.31. The molecule has 0 aliphatic carbocycles. The van der Waals surface area contributed by atoms with Crippen molar-refractivity contribution in [2.75, 3.05) is 18.0 Å². The van der Waals surface area contributed by atoms with E-state index in [0.717, 1.165) is 24.5 Å². The van der Waals surface area contributed by atoms with E-state index in [-0.39, 0.29) is 5.91 Å². The SMILES string of the molecule is Cc1nc(C(=O)NCc2ccccc2)cc(N2CCCCC2)n1. The second-order valence-corrected chi connectivity index (χ2v) is 5.87. The van der Waals surface area contributed by atoms with Crippen molar-refractivity contribution in [1.82, 2.24) is 15.3 Å². The van der Waals surface area contributed by atoms with Crippen molar-refractivity contribution in [2.45, 2.75) is 32.7 Å². The van der Waals surface area contributed by atoms with Crippen molar-refractivity contribution in [2.24, 2.45) is 0 Å². The molecule has 1 saturated heterocycles. The molecule has 0 spiro atoms. The molecule has 1 aromatic carbocycles. The van der Waals surface area contributed by atoms with Crippen molar-refractivity contribution in [3.8, 4) is 0 Å². The van der Waals surface area contributed by atoms with E-state index < -0.39 is 0 Å². The Morgan fingerprint density at radius 3 is 2.61 bits per heavy atom. The largest absolute Gasteiger partial charge is 0.356 e. The molecule has 0 bridgehead atoms.